The molecule has 2 aliphatic rings. The van der Waals surface area contributed by atoms with Crippen molar-refractivity contribution in [2.45, 2.75) is 12.3 Å². The first kappa shape index (κ1) is 16.0. The van der Waals surface area contributed by atoms with Gasteiger partial charge in [0.05, 0.1) is 6.04 Å². The number of nitrogens with zero attached hydrogens (tertiary/aromatic N) is 1. The standard InChI is InChI=1S/C14H16F2N2O2.ClH/c1-2-11(18-7-5-17-6-8-18)10-3-4-12-13(9-10)20-14(15,16)19-12;/h2-4,9,11,17H,1,5-8H2;1H/t11-;/m1./s1. The fourth-order valence-corrected chi connectivity index (χ4v) is 2.61. The monoisotopic (exact) mass is 318 g/mol. The van der Waals surface area contributed by atoms with Gasteiger partial charge in [-0.25, -0.2) is 0 Å². The van der Waals surface area contributed by atoms with Gasteiger partial charge in [0.25, 0.3) is 0 Å². The fourth-order valence-electron chi connectivity index (χ4n) is 2.61. The van der Waals surface area contributed by atoms with Gasteiger partial charge in [-0.3, -0.25) is 4.90 Å². The van der Waals surface area contributed by atoms with Crippen LogP contribution in [0.2, 0.25) is 0 Å². The summed E-state index contributed by atoms with van der Waals surface area (Å²) < 4.78 is 34.9. The Labute approximate surface area is 128 Å². The van der Waals surface area contributed by atoms with Gasteiger partial charge in [-0.05, 0) is 17.7 Å². The summed E-state index contributed by atoms with van der Waals surface area (Å²) in [4.78, 5) is 2.25. The summed E-state index contributed by atoms with van der Waals surface area (Å²) in [7, 11) is 0. The van der Waals surface area contributed by atoms with Crippen molar-refractivity contribution in [1.82, 2.24) is 10.2 Å². The summed E-state index contributed by atoms with van der Waals surface area (Å²) in [6, 6.07) is 4.88. The van der Waals surface area contributed by atoms with Crippen LogP contribution in [-0.2, 0) is 0 Å². The van der Waals surface area contributed by atoms with Crippen LogP contribution >= 0.6 is 12.4 Å². The second kappa shape index (κ2) is 6.17. The van der Waals surface area contributed by atoms with E-state index in [0.717, 1.165) is 31.7 Å². The molecular formula is C14H17ClF2N2O2. The molecule has 0 amide bonds. The number of piperazine rings is 1. The van der Waals surface area contributed by atoms with E-state index in [-0.39, 0.29) is 29.9 Å². The van der Waals surface area contributed by atoms with Gasteiger partial charge in [-0.15, -0.1) is 27.8 Å². The lowest BCUT2D eigenvalue weighted by Gasteiger charge is -2.33. The number of hydrogen-bond acceptors (Lipinski definition) is 4. The average Bonchev–Trinajstić information content (AvgIpc) is 2.74. The van der Waals surface area contributed by atoms with Crippen LogP contribution in [0.4, 0.5) is 8.78 Å². The summed E-state index contributed by atoms with van der Waals surface area (Å²) in [6.07, 6.45) is -1.75. The van der Waals surface area contributed by atoms with Gasteiger partial charge in [-0.2, -0.15) is 0 Å². The van der Waals surface area contributed by atoms with Crippen molar-refractivity contribution in [2.24, 2.45) is 0 Å². The number of hydrogen-bond donors (Lipinski definition) is 1. The Balaban J connectivity index is 0.00000161. The van der Waals surface area contributed by atoms with E-state index in [1.165, 1.54) is 6.07 Å². The van der Waals surface area contributed by atoms with E-state index in [9.17, 15) is 8.78 Å². The van der Waals surface area contributed by atoms with Gasteiger partial charge >= 0.3 is 6.29 Å². The zero-order valence-electron chi connectivity index (χ0n) is 11.4. The zero-order chi connectivity index (χ0) is 14.2. The molecule has 0 spiro atoms. The summed E-state index contributed by atoms with van der Waals surface area (Å²) >= 11 is 0. The summed E-state index contributed by atoms with van der Waals surface area (Å²) in [5.41, 5.74) is 0.877. The van der Waals surface area contributed by atoms with Gasteiger partial charge in [0.15, 0.2) is 11.5 Å². The second-order valence-corrected chi connectivity index (χ2v) is 4.84. The first-order valence-electron chi connectivity index (χ1n) is 6.56. The Morgan fingerprint density at radius 2 is 1.90 bits per heavy atom. The number of nitrogens with one attached hydrogen (secondary N) is 1. The molecule has 1 fully saturated rings. The first-order valence-corrected chi connectivity index (χ1v) is 6.56. The van der Waals surface area contributed by atoms with E-state index < -0.39 is 6.29 Å². The highest BCUT2D eigenvalue weighted by Gasteiger charge is 2.43. The third-order valence-corrected chi connectivity index (χ3v) is 3.54. The Kier molecular flexibility index (Phi) is 4.70. The highest BCUT2D eigenvalue weighted by atomic mass is 35.5. The quantitative estimate of drug-likeness (QED) is 0.869. The van der Waals surface area contributed by atoms with Crippen molar-refractivity contribution >= 4 is 12.4 Å². The number of ether oxygens (including phenoxy) is 2. The van der Waals surface area contributed by atoms with Crippen molar-refractivity contribution in [3.63, 3.8) is 0 Å². The van der Waals surface area contributed by atoms with Gasteiger partial charge < -0.3 is 14.8 Å². The van der Waals surface area contributed by atoms with Crippen molar-refractivity contribution in [1.29, 1.82) is 0 Å². The molecule has 0 unspecified atom stereocenters. The van der Waals surface area contributed by atoms with Crippen molar-refractivity contribution in [3.05, 3.63) is 36.4 Å². The average molecular weight is 319 g/mol. The van der Waals surface area contributed by atoms with E-state index in [4.69, 9.17) is 0 Å². The van der Waals surface area contributed by atoms with E-state index in [1.807, 2.05) is 6.08 Å². The maximum absolute atomic E-state index is 13.0. The van der Waals surface area contributed by atoms with Gasteiger partial charge in [0.2, 0.25) is 0 Å². The van der Waals surface area contributed by atoms with E-state index >= 15 is 0 Å². The second-order valence-electron chi connectivity index (χ2n) is 4.84. The molecule has 2 aliphatic heterocycles. The molecule has 0 bridgehead atoms. The molecule has 116 valence electrons. The molecule has 0 aromatic heterocycles. The van der Waals surface area contributed by atoms with Gasteiger partial charge in [0.1, 0.15) is 0 Å². The minimum absolute atomic E-state index is 0. The van der Waals surface area contributed by atoms with Gasteiger partial charge in [0, 0.05) is 26.2 Å². The smallest absolute Gasteiger partial charge is 0.395 e. The number of alkyl halides is 2. The van der Waals surface area contributed by atoms with Gasteiger partial charge in [-0.1, -0.05) is 12.1 Å². The molecule has 4 nitrogen and oxygen atoms in total. The molecular weight excluding hydrogens is 302 g/mol. The predicted molar refractivity (Wildman–Crippen MR) is 77.3 cm³/mol. The minimum Gasteiger partial charge on any atom is -0.395 e. The highest BCUT2D eigenvalue weighted by Crippen LogP contribution is 2.42. The molecule has 0 aliphatic carbocycles. The van der Waals surface area contributed by atoms with E-state index in [1.54, 1.807) is 12.1 Å². The van der Waals surface area contributed by atoms with Crippen molar-refractivity contribution in [2.75, 3.05) is 26.2 Å². The Hall–Kier alpha value is -1.37. The molecule has 1 atom stereocenters. The molecule has 1 aromatic carbocycles. The molecule has 0 radical (unpaired) electrons. The molecule has 21 heavy (non-hydrogen) atoms. The first-order chi connectivity index (χ1) is 9.59. The fraction of sp³-hybridized carbons (Fsp3) is 0.429. The molecule has 2 heterocycles. The van der Waals surface area contributed by atoms with E-state index in [0.29, 0.717) is 0 Å². The lowest BCUT2D eigenvalue weighted by Crippen LogP contribution is -2.44. The Morgan fingerprint density at radius 1 is 1.24 bits per heavy atom. The third-order valence-electron chi connectivity index (χ3n) is 3.54. The van der Waals surface area contributed by atoms with Crippen LogP contribution in [0, 0.1) is 0 Å². The Bertz CT molecular complexity index is 522. The zero-order valence-corrected chi connectivity index (χ0v) is 12.2. The molecule has 1 N–H and O–H groups in total. The summed E-state index contributed by atoms with van der Waals surface area (Å²) in [5.74, 6) is 0.149. The van der Waals surface area contributed by atoms with Crippen LogP contribution in [-0.4, -0.2) is 37.4 Å². The van der Waals surface area contributed by atoms with Crippen LogP contribution in [0.25, 0.3) is 0 Å². The third kappa shape index (κ3) is 3.28. The predicted octanol–water partition coefficient (Wildman–Crippen LogP) is 2.56. The number of rotatable bonds is 3. The molecule has 1 saturated heterocycles. The van der Waals surface area contributed by atoms with Crippen LogP contribution in [0.5, 0.6) is 11.5 Å². The lowest BCUT2D eigenvalue weighted by molar-refractivity contribution is -0.286. The van der Waals surface area contributed by atoms with Crippen LogP contribution in [0.1, 0.15) is 11.6 Å². The molecule has 7 heteroatoms. The van der Waals surface area contributed by atoms with Crippen molar-refractivity contribution < 1.29 is 18.3 Å². The summed E-state index contributed by atoms with van der Waals surface area (Å²) in [5, 5.41) is 3.28. The number of benzene rings is 1. The SMILES string of the molecule is C=C[C@H](c1ccc2c(c1)OC(F)(F)O2)N1CCNCC1.Cl. The van der Waals surface area contributed by atoms with Crippen LogP contribution < -0.4 is 14.8 Å². The van der Waals surface area contributed by atoms with E-state index in [2.05, 4.69) is 26.3 Å². The van der Waals surface area contributed by atoms with Crippen molar-refractivity contribution in [3.8, 4) is 11.5 Å². The normalized spacial score (nSPS) is 21.4. The largest absolute Gasteiger partial charge is 0.586 e. The van der Waals surface area contributed by atoms with Crippen LogP contribution in [0.3, 0.4) is 0 Å². The number of fused-ring (bicyclic) bond motifs is 1. The summed E-state index contributed by atoms with van der Waals surface area (Å²) in [6.45, 7) is 7.45. The highest BCUT2D eigenvalue weighted by molar-refractivity contribution is 5.85. The maximum Gasteiger partial charge on any atom is 0.586 e. The molecule has 3 rings (SSSR count). The number of halogens is 3. The van der Waals surface area contributed by atoms with Crippen LogP contribution in [0.15, 0.2) is 30.9 Å². The maximum atomic E-state index is 13.0. The molecule has 0 saturated carbocycles. The minimum atomic E-state index is -3.57. The Morgan fingerprint density at radius 3 is 2.57 bits per heavy atom. The molecule has 1 aromatic rings. The topological polar surface area (TPSA) is 33.7 Å². The lowest BCUT2D eigenvalue weighted by atomic mass is 10.0.